The number of benzene rings is 2. The lowest BCUT2D eigenvalue weighted by Crippen LogP contribution is -2.41. The van der Waals surface area contributed by atoms with Gasteiger partial charge in [-0.05, 0) is 44.4 Å². The van der Waals surface area contributed by atoms with Crippen LogP contribution in [0.4, 0.5) is 11.5 Å². The summed E-state index contributed by atoms with van der Waals surface area (Å²) in [6.45, 7) is 9.71. The quantitative estimate of drug-likeness (QED) is 0.525. The number of piperidine rings is 1. The summed E-state index contributed by atoms with van der Waals surface area (Å²) < 4.78 is 1.91. The molecule has 0 saturated carbocycles. The van der Waals surface area contributed by atoms with Crippen molar-refractivity contribution in [2.24, 2.45) is 11.8 Å². The number of nitrogens with one attached hydrogen (secondary N) is 2. The summed E-state index contributed by atoms with van der Waals surface area (Å²) in [5.41, 5.74) is 4.77. The maximum absolute atomic E-state index is 12.9. The van der Waals surface area contributed by atoms with Crippen molar-refractivity contribution in [2.45, 2.75) is 47.1 Å². The van der Waals surface area contributed by atoms with E-state index in [1.165, 1.54) is 5.56 Å². The molecule has 0 spiro atoms. The first-order valence-corrected chi connectivity index (χ1v) is 12.4. The fourth-order valence-electron chi connectivity index (χ4n) is 4.36. The Morgan fingerprint density at radius 1 is 1.00 bits per heavy atom. The Bertz CT molecular complexity index is 1160. The second kappa shape index (κ2) is 10.8. The van der Waals surface area contributed by atoms with Gasteiger partial charge in [0.15, 0.2) is 5.82 Å². The Morgan fingerprint density at radius 2 is 1.66 bits per heavy atom. The average Bonchev–Trinajstić information content (AvgIpc) is 3.19. The molecule has 0 unspecified atom stereocenters. The van der Waals surface area contributed by atoms with Crippen molar-refractivity contribution >= 4 is 23.3 Å². The van der Waals surface area contributed by atoms with E-state index >= 15 is 0 Å². The van der Waals surface area contributed by atoms with Crippen LogP contribution in [0.25, 0.3) is 5.69 Å². The van der Waals surface area contributed by atoms with E-state index in [1.54, 1.807) is 0 Å². The highest BCUT2D eigenvalue weighted by molar-refractivity contribution is 5.96. The lowest BCUT2D eigenvalue weighted by atomic mass is 9.95. The smallest absolute Gasteiger partial charge is 0.227 e. The van der Waals surface area contributed by atoms with Gasteiger partial charge in [-0.2, -0.15) is 5.10 Å². The van der Waals surface area contributed by atoms with Crippen LogP contribution in [0.15, 0.2) is 54.6 Å². The minimum atomic E-state index is -0.134. The molecule has 3 aromatic rings. The number of aryl methyl sites for hydroxylation is 2. The number of para-hydroxylation sites is 1. The van der Waals surface area contributed by atoms with E-state index in [0.717, 1.165) is 41.3 Å². The standard InChI is InChI=1S/C28H35N5O2/c1-19(2)26(34)30-25-21(4)31-33(24-8-6-5-7-9-24)28(25)32-16-14-23(15-17-32)27(35)29-18-22-12-10-20(3)11-13-22/h5-13,19,23H,14-18H2,1-4H3,(H,29,35)(H,30,34). The predicted molar refractivity (Wildman–Crippen MR) is 140 cm³/mol. The van der Waals surface area contributed by atoms with Crippen molar-refractivity contribution in [3.05, 3.63) is 71.4 Å². The molecule has 1 saturated heterocycles. The second-order valence-corrected chi connectivity index (χ2v) is 9.64. The summed E-state index contributed by atoms with van der Waals surface area (Å²) in [4.78, 5) is 27.7. The zero-order valence-corrected chi connectivity index (χ0v) is 21.0. The highest BCUT2D eigenvalue weighted by Gasteiger charge is 2.30. The Morgan fingerprint density at radius 3 is 2.29 bits per heavy atom. The molecule has 1 fully saturated rings. The van der Waals surface area contributed by atoms with Crippen molar-refractivity contribution in [1.29, 1.82) is 0 Å². The monoisotopic (exact) mass is 473 g/mol. The molecule has 2 amide bonds. The Kier molecular flexibility index (Phi) is 7.54. The van der Waals surface area contributed by atoms with Gasteiger partial charge in [-0.1, -0.05) is 61.9 Å². The molecule has 4 rings (SSSR count). The number of hydrogen-bond acceptors (Lipinski definition) is 4. The molecule has 7 nitrogen and oxygen atoms in total. The van der Waals surface area contributed by atoms with Gasteiger partial charge < -0.3 is 15.5 Å². The van der Waals surface area contributed by atoms with Crippen LogP contribution in [-0.2, 0) is 16.1 Å². The lowest BCUT2D eigenvalue weighted by molar-refractivity contribution is -0.125. The molecular formula is C28H35N5O2. The molecule has 35 heavy (non-hydrogen) atoms. The van der Waals surface area contributed by atoms with Gasteiger partial charge in [0, 0.05) is 31.5 Å². The summed E-state index contributed by atoms with van der Waals surface area (Å²) in [7, 11) is 0. The maximum atomic E-state index is 12.9. The van der Waals surface area contributed by atoms with Crippen LogP contribution in [0.1, 0.15) is 43.5 Å². The van der Waals surface area contributed by atoms with Crippen LogP contribution >= 0.6 is 0 Å². The summed E-state index contributed by atoms with van der Waals surface area (Å²) >= 11 is 0. The van der Waals surface area contributed by atoms with Gasteiger partial charge in [0.25, 0.3) is 0 Å². The molecule has 2 heterocycles. The van der Waals surface area contributed by atoms with Gasteiger partial charge >= 0.3 is 0 Å². The van der Waals surface area contributed by atoms with E-state index in [4.69, 9.17) is 5.10 Å². The van der Waals surface area contributed by atoms with Crippen molar-refractivity contribution in [3.63, 3.8) is 0 Å². The summed E-state index contributed by atoms with van der Waals surface area (Å²) in [5.74, 6) is 0.782. The van der Waals surface area contributed by atoms with E-state index in [-0.39, 0.29) is 23.7 Å². The Balaban J connectivity index is 1.49. The van der Waals surface area contributed by atoms with Gasteiger partial charge in [0.2, 0.25) is 11.8 Å². The van der Waals surface area contributed by atoms with Gasteiger partial charge in [-0.25, -0.2) is 4.68 Å². The van der Waals surface area contributed by atoms with E-state index in [2.05, 4.69) is 46.7 Å². The predicted octanol–water partition coefficient (Wildman–Crippen LogP) is 4.62. The van der Waals surface area contributed by atoms with Crippen molar-refractivity contribution in [3.8, 4) is 5.69 Å². The summed E-state index contributed by atoms with van der Waals surface area (Å²) in [6.07, 6.45) is 1.49. The van der Waals surface area contributed by atoms with E-state index in [1.807, 2.05) is 55.8 Å². The Labute approximate surface area is 207 Å². The molecule has 0 atom stereocenters. The molecule has 2 N–H and O–H groups in total. The number of carbonyl (C=O) groups is 2. The number of amides is 2. The van der Waals surface area contributed by atoms with Gasteiger partial charge in [-0.15, -0.1) is 0 Å². The molecule has 0 bridgehead atoms. The third-order valence-electron chi connectivity index (χ3n) is 6.56. The highest BCUT2D eigenvalue weighted by atomic mass is 16.2. The van der Waals surface area contributed by atoms with Crippen LogP contribution in [0, 0.1) is 25.7 Å². The third-order valence-corrected chi connectivity index (χ3v) is 6.56. The lowest BCUT2D eigenvalue weighted by Gasteiger charge is -2.33. The van der Waals surface area contributed by atoms with E-state index in [0.29, 0.717) is 19.6 Å². The third kappa shape index (κ3) is 5.73. The van der Waals surface area contributed by atoms with Gasteiger partial charge in [0.05, 0.1) is 11.4 Å². The van der Waals surface area contributed by atoms with Crippen LogP contribution in [0.5, 0.6) is 0 Å². The summed E-state index contributed by atoms with van der Waals surface area (Å²) in [6, 6.07) is 18.2. The first-order chi connectivity index (χ1) is 16.8. The number of nitrogens with zero attached hydrogens (tertiary/aromatic N) is 3. The number of rotatable bonds is 7. The van der Waals surface area contributed by atoms with E-state index in [9.17, 15) is 9.59 Å². The van der Waals surface area contributed by atoms with Crippen LogP contribution in [-0.4, -0.2) is 34.7 Å². The molecule has 184 valence electrons. The number of anilines is 2. The van der Waals surface area contributed by atoms with Crippen molar-refractivity contribution in [1.82, 2.24) is 15.1 Å². The topological polar surface area (TPSA) is 79.3 Å². The molecule has 2 aromatic carbocycles. The molecule has 1 aliphatic heterocycles. The van der Waals surface area contributed by atoms with Gasteiger partial charge in [0.1, 0.15) is 5.69 Å². The zero-order chi connectivity index (χ0) is 24.9. The van der Waals surface area contributed by atoms with Gasteiger partial charge in [-0.3, -0.25) is 9.59 Å². The fraction of sp³-hybridized carbons (Fsp3) is 0.393. The number of carbonyl (C=O) groups excluding carboxylic acids is 2. The van der Waals surface area contributed by atoms with Crippen LogP contribution in [0.2, 0.25) is 0 Å². The summed E-state index contributed by atoms with van der Waals surface area (Å²) in [5, 5.41) is 11.0. The number of aromatic nitrogens is 2. The molecule has 1 aromatic heterocycles. The van der Waals surface area contributed by atoms with Crippen molar-refractivity contribution in [2.75, 3.05) is 23.3 Å². The highest BCUT2D eigenvalue weighted by Crippen LogP contribution is 2.35. The van der Waals surface area contributed by atoms with Crippen LogP contribution < -0.4 is 15.5 Å². The molecule has 0 aliphatic carbocycles. The fourth-order valence-corrected chi connectivity index (χ4v) is 4.36. The molecule has 1 aliphatic rings. The minimum absolute atomic E-state index is 0.0282. The van der Waals surface area contributed by atoms with Crippen LogP contribution in [0.3, 0.4) is 0 Å². The SMILES string of the molecule is Cc1ccc(CNC(=O)C2CCN(c3c(NC(=O)C(C)C)c(C)nn3-c3ccccc3)CC2)cc1. The largest absolute Gasteiger partial charge is 0.355 e. The Hall–Kier alpha value is -3.61. The minimum Gasteiger partial charge on any atom is -0.355 e. The zero-order valence-electron chi connectivity index (χ0n) is 21.0. The second-order valence-electron chi connectivity index (χ2n) is 9.64. The normalized spacial score (nSPS) is 14.3. The molecule has 7 heteroatoms. The molecular weight excluding hydrogens is 438 g/mol. The first-order valence-electron chi connectivity index (χ1n) is 12.4. The maximum Gasteiger partial charge on any atom is 0.227 e. The molecule has 0 radical (unpaired) electrons. The first kappa shape index (κ1) is 24.5. The number of hydrogen-bond donors (Lipinski definition) is 2. The van der Waals surface area contributed by atoms with Crippen molar-refractivity contribution < 1.29 is 9.59 Å². The average molecular weight is 474 g/mol. The van der Waals surface area contributed by atoms with E-state index < -0.39 is 0 Å².